The Kier molecular flexibility index (Phi) is 5.26. The fraction of sp³-hybridized carbons (Fsp3) is 0.474. The van der Waals surface area contributed by atoms with Gasteiger partial charge in [0, 0.05) is 25.6 Å². The van der Waals surface area contributed by atoms with Crippen LogP contribution in [-0.2, 0) is 17.3 Å². The topological polar surface area (TPSA) is 101 Å². The molecule has 1 fully saturated rings. The highest BCUT2D eigenvalue weighted by atomic mass is 16.3. The number of hydrogen-bond donors (Lipinski definition) is 1. The fourth-order valence-electron chi connectivity index (χ4n) is 2.99. The molecule has 0 aliphatic carbocycles. The summed E-state index contributed by atoms with van der Waals surface area (Å²) in [6.07, 6.45) is 2.06. The summed E-state index contributed by atoms with van der Waals surface area (Å²) < 4.78 is 6.55. The number of nitrogens with zero attached hydrogens (tertiary/aromatic N) is 4. The third kappa shape index (κ3) is 3.92. The minimum atomic E-state index is -0.475. The van der Waals surface area contributed by atoms with Crippen molar-refractivity contribution in [2.24, 2.45) is 7.05 Å². The minimum Gasteiger partial charge on any atom is -0.459 e. The van der Waals surface area contributed by atoms with Crippen LogP contribution in [0.3, 0.4) is 0 Å². The molecule has 3 rings (SSSR count). The molecule has 1 aliphatic heterocycles. The smallest absolute Gasteiger partial charge is 0.290 e. The van der Waals surface area contributed by atoms with Gasteiger partial charge < -0.3 is 9.73 Å². The number of rotatable bonds is 4. The monoisotopic (exact) mass is 387 g/mol. The molecule has 1 aliphatic rings. The van der Waals surface area contributed by atoms with Crippen LogP contribution < -0.4 is 5.32 Å². The van der Waals surface area contributed by atoms with Crippen molar-refractivity contribution < 1.29 is 18.8 Å². The van der Waals surface area contributed by atoms with Gasteiger partial charge >= 0.3 is 0 Å². The van der Waals surface area contributed by atoms with Crippen LogP contribution in [0.25, 0.3) is 0 Å². The molecule has 2 aromatic rings. The van der Waals surface area contributed by atoms with E-state index >= 15 is 0 Å². The van der Waals surface area contributed by atoms with Gasteiger partial charge in [0.1, 0.15) is 5.69 Å². The van der Waals surface area contributed by atoms with Crippen molar-refractivity contribution in [1.82, 2.24) is 25.1 Å². The lowest BCUT2D eigenvalue weighted by Crippen LogP contribution is -2.48. The molecule has 0 radical (unpaired) electrons. The molecule has 0 aromatic carbocycles. The van der Waals surface area contributed by atoms with Crippen molar-refractivity contribution in [1.29, 1.82) is 0 Å². The van der Waals surface area contributed by atoms with Gasteiger partial charge in [-0.25, -0.2) is 10.0 Å². The summed E-state index contributed by atoms with van der Waals surface area (Å²) in [7, 11) is 1.72. The Morgan fingerprint density at radius 3 is 2.54 bits per heavy atom. The zero-order chi connectivity index (χ0) is 20.5. The number of nitrogens with one attached hydrogen (secondary N) is 1. The molecule has 0 bridgehead atoms. The number of hydrazine groups is 1. The average molecular weight is 387 g/mol. The van der Waals surface area contributed by atoms with E-state index in [-0.39, 0.29) is 29.5 Å². The first-order chi connectivity index (χ1) is 13.2. The molecule has 9 heteroatoms. The van der Waals surface area contributed by atoms with Crippen LogP contribution in [0.5, 0.6) is 0 Å². The number of furan rings is 1. The molecule has 150 valence electrons. The maximum absolute atomic E-state index is 13.0. The van der Waals surface area contributed by atoms with Crippen molar-refractivity contribution in [3.8, 4) is 0 Å². The number of amides is 3. The Morgan fingerprint density at radius 2 is 1.93 bits per heavy atom. The third-order valence-corrected chi connectivity index (χ3v) is 4.57. The number of hydrogen-bond acceptors (Lipinski definition) is 5. The van der Waals surface area contributed by atoms with Crippen molar-refractivity contribution in [3.63, 3.8) is 0 Å². The van der Waals surface area contributed by atoms with Gasteiger partial charge in [-0.15, -0.1) is 0 Å². The van der Waals surface area contributed by atoms with Crippen molar-refractivity contribution >= 4 is 17.7 Å². The number of aryl methyl sites for hydroxylation is 1. The standard InChI is InChI=1S/C19H25N5O4/c1-19(2,3)15-11-13(22(4)21-15)18(27)24-9-6-8-23(24)16(25)12-20-17(26)14-7-5-10-28-14/h5,7,10-11H,6,8-9,12H2,1-4H3,(H,20,26). The van der Waals surface area contributed by atoms with Crippen LogP contribution in [0.4, 0.5) is 0 Å². The average Bonchev–Trinajstić information content (AvgIpc) is 3.37. The second-order valence-electron chi connectivity index (χ2n) is 7.75. The summed E-state index contributed by atoms with van der Waals surface area (Å²) in [6.45, 7) is 6.71. The van der Waals surface area contributed by atoms with Crippen molar-refractivity contribution in [3.05, 3.63) is 41.6 Å². The van der Waals surface area contributed by atoms with Gasteiger partial charge in [-0.05, 0) is 24.6 Å². The Labute approximate surface area is 163 Å². The van der Waals surface area contributed by atoms with Gasteiger partial charge in [0.25, 0.3) is 17.7 Å². The van der Waals surface area contributed by atoms with E-state index < -0.39 is 5.91 Å². The number of carbonyl (C=O) groups is 3. The lowest BCUT2D eigenvalue weighted by Gasteiger charge is -2.27. The zero-order valence-electron chi connectivity index (χ0n) is 16.6. The van der Waals surface area contributed by atoms with Crippen LogP contribution >= 0.6 is 0 Å². The van der Waals surface area contributed by atoms with Crippen LogP contribution in [0, 0.1) is 0 Å². The Morgan fingerprint density at radius 1 is 1.21 bits per heavy atom. The van der Waals surface area contributed by atoms with Gasteiger partial charge in [0.2, 0.25) is 0 Å². The number of carbonyl (C=O) groups excluding carboxylic acids is 3. The SMILES string of the molecule is Cn1nc(C(C)(C)C)cc1C(=O)N1CCCN1C(=O)CNC(=O)c1ccco1. The summed E-state index contributed by atoms with van der Waals surface area (Å²) in [5.74, 6) is -0.985. The molecule has 0 unspecified atom stereocenters. The molecule has 3 amide bonds. The summed E-state index contributed by atoms with van der Waals surface area (Å²) in [5, 5.41) is 9.75. The second kappa shape index (κ2) is 7.49. The summed E-state index contributed by atoms with van der Waals surface area (Å²) in [4.78, 5) is 37.5. The van der Waals surface area contributed by atoms with E-state index in [1.807, 2.05) is 20.8 Å². The Hall–Kier alpha value is -3.10. The Bertz CT molecular complexity index is 879. The van der Waals surface area contributed by atoms with Gasteiger partial charge in [-0.3, -0.25) is 19.1 Å². The van der Waals surface area contributed by atoms with Crippen LogP contribution in [0.2, 0.25) is 0 Å². The van der Waals surface area contributed by atoms with Crippen LogP contribution in [-0.4, -0.2) is 57.2 Å². The van der Waals surface area contributed by atoms with Crippen LogP contribution in [0.15, 0.2) is 28.9 Å². The predicted octanol–water partition coefficient (Wildman–Crippen LogP) is 1.33. The zero-order valence-corrected chi connectivity index (χ0v) is 16.6. The minimum absolute atomic E-state index is 0.131. The summed E-state index contributed by atoms with van der Waals surface area (Å²) in [5.41, 5.74) is 1.04. The van der Waals surface area contributed by atoms with E-state index in [1.54, 1.807) is 23.9 Å². The lowest BCUT2D eigenvalue weighted by molar-refractivity contribution is -0.139. The molecule has 9 nitrogen and oxygen atoms in total. The predicted molar refractivity (Wildman–Crippen MR) is 100 cm³/mol. The molecule has 3 heterocycles. The van der Waals surface area contributed by atoms with Gasteiger partial charge in [0.15, 0.2) is 5.76 Å². The van der Waals surface area contributed by atoms with E-state index in [9.17, 15) is 14.4 Å². The highest BCUT2D eigenvalue weighted by Crippen LogP contribution is 2.23. The molecule has 0 saturated carbocycles. The Balaban J connectivity index is 1.68. The lowest BCUT2D eigenvalue weighted by atomic mass is 9.92. The molecule has 0 atom stereocenters. The van der Waals surface area contributed by atoms with Crippen LogP contribution in [0.1, 0.15) is 53.9 Å². The normalized spacial score (nSPS) is 14.4. The third-order valence-electron chi connectivity index (χ3n) is 4.57. The first-order valence-corrected chi connectivity index (χ1v) is 9.17. The highest BCUT2D eigenvalue weighted by molar-refractivity contribution is 5.96. The second-order valence-corrected chi connectivity index (χ2v) is 7.75. The first kappa shape index (κ1) is 19.7. The maximum atomic E-state index is 13.0. The van der Waals surface area contributed by atoms with Crippen molar-refractivity contribution in [2.75, 3.05) is 19.6 Å². The van der Waals surface area contributed by atoms with E-state index in [0.29, 0.717) is 25.2 Å². The van der Waals surface area contributed by atoms with E-state index in [4.69, 9.17) is 4.42 Å². The van der Waals surface area contributed by atoms with Crippen molar-refractivity contribution in [2.45, 2.75) is 32.6 Å². The molecule has 2 aromatic heterocycles. The molecular formula is C19H25N5O4. The molecule has 28 heavy (non-hydrogen) atoms. The summed E-state index contributed by atoms with van der Waals surface area (Å²) in [6, 6.07) is 4.88. The summed E-state index contributed by atoms with van der Waals surface area (Å²) >= 11 is 0. The molecular weight excluding hydrogens is 362 g/mol. The molecule has 0 spiro atoms. The highest BCUT2D eigenvalue weighted by Gasteiger charge is 2.33. The van der Waals surface area contributed by atoms with Gasteiger partial charge in [0.05, 0.1) is 18.5 Å². The molecule has 1 saturated heterocycles. The first-order valence-electron chi connectivity index (χ1n) is 9.17. The van der Waals surface area contributed by atoms with E-state index in [2.05, 4.69) is 10.4 Å². The maximum Gasteiger partial charge on any atom is 0.290 e. The van der Waals surface area contributed by atoms with Gasteiger partial charge in [-0.1, -0.05) is 20.8 Å². The fourth-order valence-corrected chi connectivity index (χ4v) is 2.99. The van der Waals surface area contributed by atoms with Gasteiger partial charge in [-0.2, -0.15) is 5.10 Å². The van der Waals surface area contributed by atoms with E-state index in [1.165, 1.54) is 22.3 Å². The van der Waals surface area contributed by atoms with E-state index in [0.717, 1.165) is 5.69 Å². The number of aromatic nitrogens is 2. The quantitative estimate of drug-likeness (QED) is 0.853. The largest absolute Gasteiger partial charge is 0.459 e. The molecule has 1 N–H and O–H groups in total.